The average Bonchev–Trinajstić information content (AvgIpc) is 2.50. The van der Waals surface area contributed by atoms with E-state index in [2.05, 4.69) is 19.2 Å². The van der Waals surface area contributed by atoms with Crippen molar-refractivity contribution in [3.05, 3.63) is 24.3 Å². The zero-order valence-corrected chi connectivity index (χ0v) is 11.9. The molecule has 4 nitrogen and oxygen atoms in total. The van der Waals surface area contributed by atoms with E-state index in [1.165, 1.54) is 0 Å². The zero-order chi connectivity index (χ0) is 13.9. The molecule has 0 radical (unpaired) electrons. The largest absolute Gasteiger partial charge is 0.494 e. The lowest BCUT2D eigenvalue weighted by Crippen LogP contribution is -2.47. The standard InChI is InChI=1S/C15H22N2O2/c1-4-19-13-7-5-12(6-8-13)17-11-15(2,3)16-10-9-14(17)18/h5-8,16H,4,9-11H2,1-3H3. The van der Waals surface area contributed by atoms with E-state index >= 15 is 0 Å². The molecule has 1 aliphatic rings. The van der Waals surface area contributed by atoms with Crippen LogP contribution in [0.3, 0.4) is 0 Å². The maximum atomic E-state index is 12.2. The van der Waals surface area contributed by atoms with Gasteiger partial charge in [0.05, 0.1) is 6.61 Å². The first-order valence-electron chi connectivity index (χ1n) is 6.80. The van der Waals surface area contributed by atoms with Gasteiger partial charge in [-0.3, -0.25) is 4.79 Å². The Hall–Kier alpha value is -1.55. The second-order valence-electron chi connectivity index (χ2n) is 5.47. The van der Waals surface area contributed by atoms with Crippen LogP contribution >= 0.6 is 0 Å². The Morgan fingerprint density at radius 1 is 1.32 bits per heavy atom. The summed E-state index contributed by atoms with van der Waals surface area (Å²) in [6.07, 6.45) is 0.538. The van der Waals surface area contributed by atoms with E-state index in [1.54, 1.807) is 0 Å². The quantitative estimate of drug-likeness (QED) is 0.908. The van der Waals surface area contributed by atoms with Gasteiger partial charge >= 0.3 is 0 Å². The molecule has 0 saturated carbocycles. The van der Waals surface area contributed by atoms with Crippen LogP contribution in [0.25, 0.3) is 0 Å². The van der Waals surface area contributed by atoms with Crippen molar-refractivity contribution in [3.63, 3.8) is 0 Å². The van der Waals surface area contributed by atoms with Gasteiger partial charge in [-0.15, -0.1) is 0 Å². The Morgan fingerprint density at radius 3 is 2.63 bits per heavy atom. The third-order valence-corrected chi connectivity index (χ3v) is 3.26. The number of ether oxygens (including phenoxy) is 1. The van der Waals surface area contributed by atoms with Crippen LogP contribution in [-0.2, 0) is 4.79 Å². The van der Waals surface area contributed by atoms with Gasteiger partial charge in [0, 0.05) is 30.7 Å². The van der Waals surface area contributed by atoms with E-state index in [0.717, 1.165) is 18.0 Å². The molecule has 1 aromatic carbocycles. The summed E-state index contributed by atoms with van der Waals surface area (Å²) in [5.41, 5.74) is 0.871. The molecule has 19 heavy (non-hydrogen) atoms. The van der Waals surface area contributed by atoms with Crippen molar-refractivity contribution < 1.29 is 9.53 Å². The van der Waals surface area contributed by atoms with Crippen LogP contribution in [0.1, 0.15) is 27.2 Å². The molecular formula is C15H22N2O2. The van der Waals surface area contributed by atoms with Crippen molar-refractivity contribution in [2.24, 2.45) is 0 Å². The number of carbonyl (C=O) groups excluding carboxylic acids is 1. The summed E-state index contributed by atoms with van der Waals surface area (Å²) in [7, 11) is 0. The molecule has 0 unspecified atom stereocenters. The number of carbonyl (C=O) groups is 1. The Bertz CT molecular complexity index is 440. The minimum absolute atomic E-state index is 0.0647. The third kappa shape index (κ3) is 3.47. The lowest BCUT2D eigenvalue weighted by molar-refractivity contribution is -0.118. The lowest BCUT2D eigenvalue weighted by Gasteiger charge is -2.30. The smallest absolute Gasteiger partial charge is 0.228 e. The van der Waals surface area contributed by atoms with Gasteiger partial charge in [-0.2, -0.15) is 0 Å². The maximum Gasteiger partial charge on any atom is 0.228 e. The van der Waals surface area contributed by atoms with Crippen molar-refractivity contribution in [2.75, 3.05) is 24.6 Å². The van der Waals surface area contributed by atoms with E-state index in [0.29, 0.717) is 19.6 Å². The monoisotopic (exact) mass is 262 g/mol. The Balaban J connectivity index is 2.20. The van der Waals surface area contributed by atoms with Crippen LogP contribution in [0.2, 0.25) is 0 Å². The normalized spacial score (nSPS) is 19.1. The van der Waals surface area contributed by atoms with Gasteiger partial charge < -0.3 is 15.0 Å². The zero-order valence-electron chi connectivity index (χ0n) is 11.9. The van der Waals surface area contributed by atoms with Gasteiger partial charge in [-0.05, 0) is 45.0 Å². The molecule has 2 rings (SSSR count). The van der Waals surface area contributed by atoms with Crippen LogP contribution in [0.5, 0.6) is 5.75 Å². The van der Waals surface area contributed by atoms with E-state index in [1.807, 2.05) is 36.1 Å². The average molecular weight is 262 g/mol. The number of benzene rings is 1. The Labute approximate surface area is 114 Å². The maximum absolute atomic E-state index is 12.2. The molecule has 0 aromatic heterocycles. The molecule has 0 atom stereocenters. The first-order valence-corrected chi connectivity index (χ1v) is 6.80. The van der Waals surface area contributed by atoms with Crippen LogP contribution in [0.15, 0.2) is 24.3 Å². The van der Waals surface area contributed by atoms with Gasteiger partial charge in [-0.25, -0.2) is 0 Å². The molecule has 0 spiro atoms. The Morgan fingerprint density at radius 2 is 2.00 bits per heavy atom. The lowest BCUT2D eigenvalue weighted by atomic mass is 10.1. The number of hydrogen-bond donors (Lipinski definition) is 1. The predicted molar refractivity (Wildman–Crippen MR) is 76.7 cm³/mol. The molecular weight excluding hydrogens is 240 g/mol. The second kappa shape index (κ2) is 5.61. The summed E-state index contributed by atoms with van der Waals surface area (Å²) in [5, 5.41) is 3.40. The number of rotatable bonds is 3. The summed E-state index contributed by atoms with van der Waals surface area (Å²) >= 11 is 0. The summed E-state index contributed by atoms with van der Waals surface area (Å²) in [6.45, 7) is 8.26. The van der Waals surface area contributed by atoms with Gasteiger partial charge in [0.1, 0.15) is 5.75 Å². The van der Waals surface area contributed by atoms with Crippen LogP contribution in [0.4, 0.5) is 5.69 Å². The van der Waals surface area contributed by atoms with Crippen LogP contribution < -0.4 is 15.0 Å². The number of nitrogens with one attached hydrogen (secondary N) is 1. The fraction of sp³-hybridized carbons (Fsp3) is 0.533. The summed E-state index contributed by atoms with van der Waals surface area (Å²) in [4.78, 5) is 14.0. The first kappa shape index (κ1) is 13.9. The summed E-state index contributed by atoms with van der Waals surface area (Å²) in [6, 6.07) is 7.73. The molecule has 1 aliphatic heterocycles. The molecule has 0 aliphatic carbocycles. The minimum atomic E-state index is -0.0647. The highest BCUT2D eigenvalue weighted by molar-refractivity contribution is 5.94. The molecule has 104 valence electrons. The van der Waals surface area contributed by atoms with Crippen molar-refractivity contribution in [3.8, 4) is 5.75 Å². The fourth-order valence-electron chi connectivity index (χ4n) is 2.31. The number of nitrogens with zero attached hydrogens (tertiary/aromatic N) is 1. The predicted octanol–water partition coefficient (Wildman–Crippen LogP) is 2.19. The van der Waals surface area contributed by atoms with Crippen LogP contribution in [-0.4, -0.2) is 31.1 Å². The van der Waals surface area contributed by atoms with Gasteiger partial charge in [0.25, 0.3) is 0 Å². The van der Waals surface area contributed by atoms with Crippen molar-refractivity contribution in [1.29, 1.82) is 0 Å². The molecule has 1 saturated heterocycles. The van der Waals surface area contributed by atoms with E-state index in [9.17, 15) is 4.79 Å². The molecule has 1 aromatic rings. The van der Waals surface area contributed by atoms with E-state index < -0.39 is 0 Å². The summed E-state index contributed by atoms with van der Waals surface area (Å²) < 4.78 is 5.42. The van der Waals surface area contributed by atoms with Crippen molar-refractivity contribution in [2.45, 2.75) is 32.7 Å². The molecule has 1 heterocycles. The fourth-order valence-corrected chi connectivity index (χ4v) is 2.31. The molecule has 1 amide bonds. The molecule has 0 bridgehead atoms. The van der Waals surface area contributed by atoms with E-state index in [-0.39, 0.29) is 11.4 Å². The molecule has 4 heteroatoms. The SMILES string of the molecule is CCOc1ccc(N2CC(C)(C)NCCC2=O)cc1. The molecule has 1 N–H and O–H groups in total. The number of amides is 1. The number of anilines is 1. The number of hydrogen-bond acceptors (Lipinski definition) is 3. The highest BCUT2D eigenvalue weighted by Gasteiger charge is 2.28. The topological polar surface area (TPSA) is 41.6 Å². The highest BCUT2D eigenvalue weighted by atomic mass is 16.5. The van der Waals surface area contributed by atoms with E-state index in [4.69, 9.17) is 4.74 Å². The van der Waals surface area contributed by atoms with Gasteiger partial charge in [0.2, 0.25) is 5.91 Å². The van der Waals surface area contributed by atoms with Crippen molar-refractivity contribution >= 4 is 11.6 Å². The van der Waals surface area contributed by atoms with Gasteiger partial charge in [-0.1, -0.05) is 0 Å². The Kier molecular flexibility index (Phi) is 4.10. The highest BCUT2D eigenvalue weighted by Crippen LogP contribution is 2.23. The van der Waals surface area contributed by atoms with Crippen molar-refractivity contribution in [1.82, 2.24) is 5.32 Å². The third-order valence-electron chi connectivity index (χ3n) is 3.26. The second-order valence-corrected chi connectivity index (χ2v) is 5.47. The minimum Gasteiger partial charge on any atom is -0.494 e. The summed E-state index contributed by atoms with van der Waals surface area (Å²) in [5.74, 6) is 1.01. The van der Waals surface area contributed by atoms with Gasteiger partial charge in [0.15, 0.2) is 0 Å². The molecule has 1 fully saturated rings. The van der Waals surface area contributed by atoms with Crippen LogP contribution in [0, 0.1) is 0 Å². The first-order chi connectivity index (χ1) is 9.02.